The van der Waals surface area contributed by atoms with Crippen molar-refractivity contribution in [2.45, 2.75) is 6.54 Å². The van der Waals surface area contributed by atoms with Crippen LogP contribution in [-0.2, 0) is 20.9 Å². The van der Waals surface area contributed by atoms with Crippen LogP contribution >= 0.6 is 0 Å². The number of imide groups is 1. The predicted octanol–water partition coefficient (Wildman–Crippen LogP) is 0.134. The van der Waals surface area contributed by atoms with Crippen LogP contribution in [0.5, 0.6) is 11.5 Å². The Balaban J connectivity index is 2.90. The number of rotatable bonds is 8. The van der Waals surface area contributed by atoms with E-state index >= 15 is 0 Å². The fourth-order valence-electron chi connectivity index (χ4n) is 2.06. The number of carbonyl (C=O) groups excluding carboxylic acids is 3. The van der Waals surface area contributed by atoms with Gasteiger partial charge in [0, 0.05) is 19.7 Å². The van der Waals surface area contributed by atoms with Gasteiger partial charge in [0.05, 0.1) is 34.4 Å². The van der Waals surface area contributed by atoms with E-state index in [-0.39, 0.29) is 19.6 Å². The number of methoxy groups -OCH3 is 3. The van der Waals surface area contributed by atoms with Gasteiger partial charge in [-0.3, -0.25) is 19.8 Å². The van der Waals surface area contributed by atoms with Gasteiger partial charge in [0.2, 0.25) is 5.91 Å². The molecule has 9 nitrogen and oxygen atoms in total. The van der Waals surface area contributed by atoms with Crippen molar-refractivity contribution in [2.24, 2.45) is 0 Å². The van der Waals surface area contributed by atoms with E-state index in [0.29, 0.717) is 11.5 Å². The number of ether oxygens (including phenoxy) is 3. The Morgan fingerprint density at radius 2 is 1.60 bits per heavy atom. The van der Waals surface area contributed by atoms with Crippen LogP contribution in [-0.4, -0.2) is 64.3 Å². The molecule has 0 unspecified atom stereocenters. The fourth-order valence-corrected chi connectivity index (χ4v) is 2.06. The third kappa shape index (κ3) is 7.08. The summed E-state index contributed by atoms with van der Waals surface area (Å²) in [5.74, 6) is 0.130. The molecule has 2 N–H and O–H groups in total. The van der Waals surface area contributed by atoms with Gasteiger partial charge in [-0.2, -0.15) is 0 Å². The van der Waals surface area contributed by atoms with Crippen molar-refractivity contribution in [3.63, 3.8) is 0 Å². The lowest BCUT2D eigenvalue weighted by atomic mass is 10.2. The summed E-state index contributed by atoms with van der Waals surface area (Å²) in [5, 5.41) is 4.44. The van der Waals surface area contributed by atoms with E-state index in [1.165, 1.54) is 28.4 Å². The molecule has 9 heteroatoms. The van der Waals surface area contributed by atoms with Crippen LogP contribution in [0.4, 0.5) is 4.79 Å². The number of nitrogens with zero attached hydrogens (tertiary/aromatic N) is 1. The standard InChI is InChI=1S/C16H23N3O6/c1-17-16(22)18-14(20)9-19(10-15(21)25-4)8-11-5-12(23-2)7-13(6-11)24-3/h5-7H,8-10H2,1-4H3,(H2,17,18,20,22). The molecule has 3 amide bonds. The van der Waals surface area contributed by atoms with Crippen molar-refractivity contribution in [3.8, 4) is 11.5 Å². The number of amides is 3. The number of hydrogen-bond acceptors (Lipinski definition) is 7. The topological polar surface area (TPSA) is 106 Å². The van der Waals surface area contributed by atoms with Crippen LogP contribution in [0.25, 0.3) is 0 Å². The summed E-state index contributed by atoms with van der Waals surface area (Å²) in [7, 11) is 5.72. The van der Waals surface area contributed by atoms with Crippen LogP contribution in [0.2, 0.25) is 0 Å². The first-order valence-corrected chi connectivity index (χ1v) is 7.44. The normalized spacial score (nSPS) is 10.1. The molecular formula is C16H23N3O6. The third-order valence-corrected chi connectivity index (χ3v) is 3.25. The highest BCUT2D eigenvalue weighted by molar-refractivity contribution is 5.95. The van der Waals surface area contributed by atoms with E-state index in [0.717, 1.165) is 5.56 Å². The summed E-state index contributed by atoms with van der Waals surface area (Å²) < 4.78 is 15.1. The molecule has 0 aliphatic carbocycles. The van der Waals surface area contributed by atoms with Gasteiger partial charge in [-0.25, -0.2) is 4.79 Å². The molecule has 0 saturated carbocycles. The van der Waals surface area contributed by atoms with Gasteiger partial charge in [0.15, 0.2) is 0 Å². The lowest BCUT2D eigenvalue weighted by Gasteiger charge is -2.21. The maximum atomic E-state index is 11.9. The Morgan fingerprint density at radius 3 is 2.08 bits per heavy atom. The Hall–Kier alpha value is -2.81. The Kier molecular flexibility index (Phi) is 8.21. The minimum absolute atomic E-state index is 0.114. The number of hydrogen-bond donors (Lipinski definition) is 2. The minimum Gasteiger partial charge on any atom is -0.497 e. The monoisotopic (exact) mass is 353 g/mol. The van der Waals surface area contributed by atoms with Gasteiger partial charge in [-0.05, 0) is 17.7 Å². The molecule has 0 heterocycles. The van der Waals surface area contributed by atoms with Crippen molar-refractivity contribution in [1.82, 2.24) is 15.5 Å². The third-order valence-electron chi connectivity index (χ3n) is 3.25. The van der Waals surface area contributed by atoms with Crippen molar-refractivity contribution in [2.75, 3.05) is 41.5 Å². The van der Waals surface area contributed by atoms with Crippen molar-refractivity contribution in [1.29, 1.82) is 0 Å². The molecule has 0 aliphatic rings. The molecular weight excluding hydrogens is 330 g/mol. The maximum absolute atomic E-state index is 11.9. The van der Waals surface area contributed by atoms with Crippen molar-refractivity contribution in [3.05, 3.63) is 23.8 Å². The zero-order valence-electron chi connectivity index (χ0n) is 14.8. The first-order valence-electron chi connectivity index (χ1n) is 7.44. The van der Waals surface area contributed by atoms with Gasteiger partial charge in [-0.1, -0.05) is 0 Å². The molecule has 0 fully saturated rings. The Labute approximate surface area is 146 Å². The number of urea groups is 1. The molecule has 0 atom stereocenters. The zero-order valence-corrected chi connectivity index (χ0v) is 14.8. The van der Waals surface area contributed by atoms with Crippen LogP contribution < -0.4 is 20.1 Å². The molecule has 0 aliphatic heterocycles. The highest BCUT2D eigenvalue weighted by Gasteiger charge is 2.17. The van der Waals surface area contributed by atoms with Crippen LogP contribution in [0, 0.1) is 0 Å². The smallest absolute Gasteiger partial charge is 0.321 e. The summed E-state index contributed by atoms with van der Waals surface area (Å²) >= 11 is 0. The van der Waals surface area contributed by atoms with Crippen LogP contribution in [0.3, 0.4) is 0 Å². The molecule has 0 saturated heterocycles. The summed E-state index contributed by atoms with van der Waals surface area (Å²) in [4.78, 5) is 36.3. The minimum atomic E-state index is -0.619. The fraction of sp³-hybridized carbons (Fsp3) is 0.438. The molecule has 0 aromatic heterocycles. The highest BCUT2D eigenvalue weighted by Crippen LogP contribution is 2.23. The van der Waals surface area contributed by atoms with Gasteiger partial charge in [0.25, 0.3) is 0 Å². The average molecular weight is 353 g/mol. The summed E-state index contributed by atoms with van der Waals surface area (Å²) in [6, 6.07) is 4.63. The van der Waals surface area contributed by atoms with E-state index in [4.69, 9.17) is 9.47 Å². The molecule has 0 radical (unpaired) electrons. The van der Waals surface area contributed by atoms with Crippen LogP contribution in [0.1, 0.15) is 5.56 Å². The van der Waals surface area contributed by atoms with Crippen molar-refractivity contribution >= 4 is 17.9 Å². The quantitative estimate of drug-likeness (QED) is 0.640. The molecule has 0 spiro atoms. The lowest BCUT2D eigenvalue weighted by molar-refractivity contribution is -0.142. The molecule has 138 valence electrons. The van der Waals surface area contributed by atoms with E-state index in [2.05, 4.69) is 15.4 Å². The lowest BCUT2D eigenvalue weighted by Crippen LogP contribution is -2.44. The van der Waals surface area contributed by atoms with Crippen LogP contribution in [0.15, 0.2) is 18.2 Å². The zero-order chi connectivity index (χ0) is 18.8. The van der Waals surface area contributed by atoms with E-state index in [9.17, 15) is 14.4 Å². The first-order chi connectivity index (χ1) is 11.9. The Bertz CT molecular complexity index is 598. The average Bonchev–Trinajstić information content (AvgIpc) is 2.60. The molecule has 25 heavy (non-hydrogen) atoms. The number of nitrogens with one attached hydrogen (secondary N) is 2. The summed E-state index contributed by atoms with van der Waals surface area (Å²) in [6.45, 7) is -0.0247. The number of benzene rings is 1. The second-order valence-corrected chi connectivity index (χ2v) is 5.07. The summed E-state index contributed by atoms with van der Waals surface area (Å²) in [5.41, 5.74) is 0.771. The molecule has 1 aromatic rings. The first kappa shape index (κ1) is 20.2. The van der Waals surface area contributed by atoms with E-state index < -0.39 is 17.9 Å². The number of esters is 1. The van der Waals surface area contributed by atoms with Crippen molar-refractivity contribution < 1.29 is 28.6 Å². The molecule has 1 aromatic carbocycles. The Morgan fingerprint density at radius 1 is 1.00 bits per heavy atom. The van der Waals surface area contributed by atoms with Gasteiger partial charge in [0.1, 0.15) is 11.5 Å². The summed E-state index contributed by atoms with van der Waals surface area (Å²) in [6.07, 6.45) is 0. The predicted molar refractivity (Wildman–Crippen MR) is 89.4 cm³/mol. The second kappa shape index (κ2) is 10.1. The van der Waals surface area contributed by atoms with Gasteiger partial charge >= 0.3 is 12.0 Å². The second-order valence-electron chi connectivity index (χ2n) is 5.07. The van der Waals surface area contributed by atoms with E-state index in [1.54, 1.807) is 23.1 Å². The van der Waals surface area contributed by atoms with Gasteiger partial charge < -0.3 is 19.5 Å². The van der Waals surface area contributed by atoms with E-state index in [1.807, 2.05) is 0 Å². The number of carbonyl (C=O) groups is 3. The van der Waals surface area contributed by atoms with Gasteiger partial charge in [-0.15, -0.1) is 0 Å². The SMILES string of the molecule is CNC(=O)NC(=O)CN(CC(=O)OC)Cc1cc(OC)cc(OC)c1. The highest BCUT2D eigenvalue weighted by atomic mass is 16.5. The molecule has 1 rings (SSSR count). The largest absolute Gasteiger partial charge is 0.497 e. The maximum Gasteiger partial charge on any atom is 0.321 e. The molecule has 0 bridgehead atoms.